The molecule has 0 bridgehead atoms. The van der Waals surface area contributed by atoms with Crippen LogP contribution in [0.25, 0.3) is 0 Å². The van der Waals surface area contributed by atoms with Crippen molar-refractivity contribution < 1.29 is 5.11 Å². The molecule has 1 nitrogen and oxygen atoms in total. The number of halogens is 1. The first-order valence-corrected chi connectivity index (χ1v) is 5.11. The SMILES string of the molecule is OC(CCS)c1ccc(Cl)s1. The van der Waals surface area contributed by atoms with Crippen molar-refractivity contribution in [2.24, 2.45) is 0 Å². The molecule has 0 fully saturated rings. The number of aliphatic hydroxyl groups excluding tert-OH is 1. The molecule has 1 atom stereocenters. The third-order valence-corrected chi connectivity index (χ3v) is 2.92. The first kappa shape index (κ1) is 9.39. The van der Waals surface area contributed by atoms with E-state index < -0.39 is 6.10 Å². The Bertz CT molecular complexity index is 224. The fourth-order valence-corrected chi connectivity index (χ4v) is 2.10. The van der Waals surface area contributed by atoms with E-state index in [1.165, 1.54) is 11.3 Å². The van der Waals surface area contributed by atoms with Gasteiger partial charge in [0.15, 0.2) is 0 Å². The summed E-state index contributed by atoms with van der Waals surface area (Å²) < 4.78 is 0.721. The predicted molar refractivity (Wildman–Crippen MR) is 52.8 cm³/mol. The Morgan fingerprint density at radius 3 is 2.82 bits per heavy atom. The number of hydrogen-bond donors (Lipinski definition) is 2. The van der Waals surface area contributed by atoms with Crippen molar-refractivity contribution in [3.8, 4) is 0 Å². The molecule has 0 spiro atoms. The maximum Gasteiger partial charge on any atom is 0.0932 e. The molecule has 1 N–H and O–H groups in total. The first-order valence-electron chi connectivity index (χ1n) is 3.28. The molecule has 0 aliphatic carbocycles. The van der Waals surface area contributed by atoms with E-state index in [4.69, 9.17) is 11.6 Å². The van der Waals surface area contributed by atoms with Crippen LogP contribution in [-0.2, 0) is 0 Å². The highest BCUT2D eigenvalue weighted by atomic mass is 35.5. The summed E-state index contributed by atoms with van der Waals surface area (Å²) >= 11 is 11.1. The van der Waals surface area contributed by atoms with Crippen LogP contribution in [-0.4, -0.2) is 10.9 Å². The monoisotopic (exact) mass is 208 g/mol. The van der Waals surface area contributed by atoms with Crippen LogP contribution < -0.4 is 0 Å². The zero-order valence-electron chi connectivity index (χ0n) is 5.83. The Morgan fingerprint density at radius 2 is 2.36 bits per heavy atom. The van der Waals surface area contributed by atoms with Crippen molar-refractivity contribution in [2.75, 3.05) is 5.75 Å². The van der Waals surface area contributed by atoms with Gasteiger partial charge >= 0.3 is 0 Å². The molecule has 0 saturated carbocycles. The summed E-state index contributed by atoms with van der Waals surface area (Å²) in [6.45, 7) is 0. The van der Waals surface area contributed by atoms with Gasteiger partial charge < -0.3 is 5.11 Å². The molecule has 1 aromatic rings. The smallest absolute Gasteiger partial charge is 0.0932 e. The highest BCUT2D eigenvalue weighted by molar-refractivity contribution is 7.80. The van der Waals surface area contributed by atoms with Crippen LogP contribution in [0.1, 0.15) is 17.4 Å². The topological polar surface area (TPSA) is 20.2 Å². The van der Waals surface area contributed by atoms with Gasteiger partial charge in [-0.1, -0.05) is 11.6 Å². The molecule has 1 aromatic heterocycles. The summed E-state index contributed by atoms with van der Waals surface area (Å²) in [5.41, 5.74) is 0. The molecule has 0 saturated heterocycles. The third-order valence-electron chi connectivity index (χ3n) is 1.32. The highest BCUT2D eigenvalue weighted by Gasteiger charge is 2.08. The van der Waals surface area contributed by atoms with Crippen LogP contribution >= 0.6 is 35.6 Å². The van der Waals surface area contributed by atoms with Crippen LogP contribution in [0.5, 0.6) is 0 Å². The molecule has 0 radical (unpaired) electrons. The van der Waals surface area contributed by atoms with Crippen LogP contribution in [0, 0.1) is 0 Å². The van der Waals surface area contributed by atoms with E-state index in [1.54, 1.807) is 6.07 Å². The van der Waals surface area contributed by atoms with E-state index in [9.17, 15) is 5.11 Å². The van der Waals surface area contributed by atoms with Gasteiger partial charge in [0.25, 0.3) is 0 Å². The zero-order chi connectivity index (χ0) is 8.27. The van der Waals surface area contributed by atoms with E-state index in [0.717, 1.165) is 9.21 Å². The van der Waals surface area contributed by atoms with E-state index in [2.05, 4.69) is 12.6 Å². The highest BCUT2D eigenvalue weighted by Crippen LogP contribution is 2.28. The minimum atomic E-state index is -0.398. The second-order valence-electron chi connectivity index (χ2n) is 2.17. The minimum absolute atomic E-state index is 0.398. The number of aliphatic hydroxyl groups is 1. The van der Waals surface area contributed by atoms with Crippen molar-refractivity contribution >= 4 is 35.6 Å². The van der Waals surface area contributed by atoms with Crippen molar-refractivity contribution in [1.29, 1.82) is 0 Å². The standard InChI is InChI=1S/C7H9ClOS2/c8-7-2-1-6(11-7)5(9)3-4-10/h1-2,5,9-10H,3-4H2. The van der Waals surface area contributed by atoms with Crippen molar-refractivity contribution in [3.05, 3.63) is 21.3 Å². The van der Waals surface area contributed by atoms with Gasteiger partial charge in [0.1, 0.15) is 0 Å². The fourth-order valence-electron chi connectivity index (χ4n) is 0.772. The van der Waals surface area contributed by atoms with Crippen LogP contribution in [0.2, 0.25) is 4.34 Å². The van der Waals surface area contributed by atoms with Crippen molar-refractivity contribution in [1.82, 2.24) is 0 Å². The molecule has 4 heteroatoms. The van der Waals surface area contributed by atoms with Gasteiger partial charge in [0, 0.05) is 4.88 Å². The Labute approximate surface area is 80.4 Å². The second kappa shape index (κ2) is 4.36. The van der Waals surface area contributed by atoms with Gasteiger partial charge in [-0.25, -0.2) is 0 Å². The molecule has 1 rings (SSSR count). The van der Waals surface area contributed by atoms with Gasteiger partial charge in [-0.05, 0) is 24.3 Å². The summed E-state index contributed by atoms with van der Waals surface area (Å²) in [4.78, 5) is 0.920. The normalized spacial score (nSPS) is 13.4. The molecular formula is C7H9ClOS2. The Kier molecular flexibility index (Phi) is 3.72. The molecule has 0 aliphatic heterocycles. The van der Waals surface area contributed by atoms with Gasteiger partial charge in [0.2, 0.25) is 0 Å². The molecule has 1 unspecified atom stereocenters. The zero-order valence-corrected chi connectivity index (χ0v) is 8.29. The molecule has 0 amide bonds. The van der Waals surface area contributed by atoms with Crippen LogP contribution in [0.3, 0.4) is 0 Å². The maximum atomic E-state index is 9.44. The van der Waals surface area contributed by atoms with Crippen molar-refractivity contribution in [2.45, 2.75) is 12.5 Å². The van der Waals surface area contributed by atoms with Crippen LogP contribution in [0.4, 0.5) is 0 Å². The maximum absolute atomic E-state index is 9.44. The Morgan fingerprint density at radius 1 is 1.64 bits per heavy atom. The van der Waals surface area contributed by atoms with E-state index in [0.29, 0.717) is 12.2 Å². The van der Waals surface area contributed by atoms with Crippen LogP contribution in [0.15, 0.2) is 12.1 Å². The number of rotatable bonds is 3. The van der Waals surface area contributed by atoms with E-state index in [1.807, 2.05) is 6.07 Å². The molecular weight excluding hydrogens is 200 g/mol. The summed E-state index contributed by atoms with van der Waals surface area (Å²) in [7, 11) is 0. The fraction of sp³-hybridized carbons (Fsp3) is 0.429. The Balaban J connectivity index is 2.60. The molecule has 11 heavy (non-hydrogen) atoms. The third kappa shape index (κ3) is 2.67. The number of hydrogen-bond acceptors (Lipinski definition) is 3. The first-order chi connectivity index (χ1) is 5.24. The lowest BCUT2D eigenvalue weighted by molar-refractivity contribution is 0.179. The van der Waals surface area contributed by atoms with Gasteiger partial charge in [-0.3, -0.25) is 0 Å². The lowest BCUT2D eigenvalue weighted by Crippen LogP contribution is -1.94. The summed E-state index contributed by atoms with van der Waals surface area (Å²) in [6, 6.07) is 3.64. The molecule has 0 aromatic carbocycles. The average molecular weight is 209 g/mol. The quantitative estimate of drug-likeness (QED) is 0.733. The van der Waals surface area contributed by atoms with E-state index in [-0.39, 0.29) is 0 Å². The lowest BCUT2D eigenvalue weighted by atomic mass is 10.2. The summed E-state index contributed by atoms with van der Waals surface area (Å²) in [5, 5.41) is 9.44. The average Bonchev–Trinajstić information content (AvgIpc) is 2.36. The summed E-state index contributed by atoms with van der Waals surface area (Å²) in [6.07, 6.45) is 0.282. The number of thiophene rings is 1. The second-order valence-corrected chi connectivity index (χ2v) is 4.36. The Hall–Kier alpha value is 0.300. The predicted octanol–water partition coefficient (Wildman–Crippen LogP) is 2.75. The number of thiol groups is 1. The molecule has 0 aliphatic rings. The van der Waals surface area contributed by atoms with Gasteiger partial charge in [0.05, 0.1) is 10.4 Å². The van der Waals surface area contributed by atoms with Gasteiger partial charge in [-0.2, -0.15) is 12.6 Å². The largest absolute Gasteiger partial charge is 0.388 e. The lowest BCUT2D eigenvalue weighted by Gasteiger charge is -2.04. The van der Waals surface area contributed by atoms with Gasteiger partial charge in [-0.15, -0.1) is 11.3 Å². The van der Waals surface area contributed by atoms with Crippen molar-refractivity contribution in [3.63, 3.8) is 0 Å². The minimum Gasteiger partial charge on any atom is -0.388 e. The summed E-state index contributed by atoms with van der Waals surface area (Å²) in [5.74, 6) is 0.691. The molecule has 62 valence electrons. The van der Waals surface area contributed by atoms with E-state index >= 15 is 0 Å². The molecule has 1 heterocycles.